The van der Waals surface area contributed by atoms with Gasteiger partial charge in [-0.05, 0) is 43.7 Å². The number of nitrogens with zero attached hydrogens (tertiary/aromatic N) is 2. The van der Waals surface area contributed by atoms with Gasteiger partial charge in [0.05, 0.1) is 17.7 Å². The number of nitro groups is 1. The fraction of sp³-hybridized carbons (Fsp3) is 0.263. The molecule has 0 spiro atoms. The van der Waals surface area contributed by atoms with E-state index in [1.165, 1.54) is 25.3 Å². The quantitative estimate of drug-likeness (QED) is 0.644. The predicted molar refractivity (Wildman–Crippen MR) is 100 cm³/mol. The van der Waals surface area contributed by atoms with Crippen molar-refractivity contribution in [3.63, 3.8) is 0 Å². The number of ether oxygens (including phenoxy) is 1. The van der Waals surface area contributed by atoms with Gasteiger partial charge in [0.2, 0.25) is 5.91 Å². The van der Waals surface area contributed by atoms with Crippen LogP contribution in [0.1, 0.15) is 28.8 Å². The topological polar surface area (TPSA) is 102 Å². The van der Waals surface area contributed by atoms with E-state index in [1.54, 1.807) is 30.0 Å². The lowest BCUT2D eigenvalue weighted by Gasteiger charge is -2.20. The van der Waals surface area contributed by atoms with Crippen LogP contribution in [-0.4, -0.2) is 30.4 Å². The van der Waals surface area contributed by atoms with Crippen LogP contribution >= 0.6 is 0 Å². The van der Waals surface area contributed by atoms with Crippen LogP contribution in [-0.2, 0) is 4.79 Å². The third kappa shape index (κ3) is 3.74. The first-order valence-electron chi connectivity index (χ1n) is 8.45. The van der Waals surface area contributed by atoms with Crippen LogP contribution in [0.25, 0.3) is 0 Å². The van der Waals surface area contributed by atoms with Gasteiger partial charge in [-0.1, -0.05) is 0 Å². The minimum atomic E-state index is -0.486. The molecule has 1 saturated heterocycles. The number of hydrogen-bond acceptors (Lipinski definition) is 5. The second kappa shape index (κ2) is 7.45. The van der Waals surface area contributed by atoms with Gasteiger partial charge >= 0.3 is 0 Å². The number of amides is 2. The molecule has 27 heavy (non-hydrogen) atoms. The highest BCUT2D eigenvalue weighted by Crippen LogP contribution is 2.34. The number of nitro benzene ring substituents is 1. The summed E-state index contributed by atoms with van der Waals surface area (Å²) in [6, 6.07) is 9.26. The minimum absolute atomic E-state index is 0.0165. The van der Waals surface area contributed by atoms with Crippen molar-refractivity contribution in [3.8, 4) is 5.75 Å². The summed E-state index contributed by atoms with van der Waals surface area (Å²) in [5.41, 5.74) is 1.80. The van der Waals surface area contributed by atoms with Crippen molar-refractivity contribution in [1.29, 1.82) is 0 Å². The van der Waals surface area contributed by atoms with Gasteiger partial charge in [-0.2, -0.15) is 0 Å². The second-order valence-corrected chi connectivity index (χ2v) is 6.25. The Morgan fingerprint density at radius 1 is 1.26 bits per heavy atom. The highest BCUT2D eigenvalue weighted by Gasteiger charge is 2.25. The number of benzene rings is 2. The molecular weight excluding hydrogens is 350 g/mol. The molecule has 2 aromatic carbocycles. The molecule has 0 unspecified atom stereocenters. The average molecular weight is 369 g/mol. The van der Waals surface area contributed by atoms with Crippen molar-refractivity contribution in [2.24, 2.45) is 0 Å². The Kier molecular flexibility index (Phi) is 5.07. The minimum Gasteiger partial charge on any atom is -0.495 e. The van der Waals surface area contributed by atoms with Gasteiger partial charge in [0.1, 0.15) is 5.75 Å². The van der Waals surface area contributed by atoms with Crippen LogP contribution in [0.4, 0.5) is 17.1 Å². The number of rotatable bonds is 5. The Morgan fingerprint density at radius 3 is 2.63 bits per heavy atom. The number of carbonyl (C=O) groups is 2. The SMILES string of the molecule is COc1ccc(NC(=O)c2ccc([N+](=O)[O-])c(C)c2)cc1N1CCCC1=O. The van der Waals surface area contributed by atoms with E-state index in [4.69, 9.17) is 4.74 Å². The molecule has 1 aliphatic rings. The zero-order valence-electron chi connectivity index (χ0n) is 15.0. The Balaban J connectivity index is 1.85. The zero-order chi connectivity index (χ0) is 19.6. The summed E-state index contributed by atoms with van der Waals surface area (Å²) in [5, 5.41) is 13.7. The van der Waals surface area contributed by atoms with Gasteiger partial charge in [0, 0.05) is 35.8 Å². The van der Waals surface area contributed by atoms with Gasteiger partial charge in [-0.3, -0.25) is 19.7 Å². The highest BCUT2D eigenvalue weighted by molar-refractivity contribution is 6.05. The maximum atomic E-state index is 12.5. The molecule has 1 fully saturated rings. The van der Waals surface area contributed by atoms with Gasteiger partial charge in [-0.25, -0.2) is 0 Å². The Morgan fingerprint density at radius 2 is 2.04 bits per heavy atom. The monoisotopic (exact) mass is 369 g/mol. The summed E-state index contributed by atoms with van der Waals surface area (Å²) in [4.78, 5) is 36.6. The van der Waals surface area contributed by atoms with Crippen molar-refractivity contribution in [2.45, 2.75) is 19.8 Å². The van der Waals surface area contributed by atoms with E-state index in [-0.39, 0.29) is 11.6 Å². The summed E-state index contributed by atoms with van der Waals surface area (Å²) in [6.45, 7) is 2.19. The molecule has 0 bridgehead atoms. The summed E-state index contributed by atoms with van der Waals surface area (Å²) < 4.78 is 5.33. The molecule has 1 N–H and O–H groups in total. The molecule has 0 atom stereocenters. The lowest BCUT2D eigenvalue weighted by molar-refractivity contribution is -0.385. The second-order valence-electron chi connectivity index (χ2n) is 6.25. The molecule has 1 heterocycles. The molecule has 140 valence electrons. The molecule has 8 heteroatoms. The van der Waals surface area contributed by atoms with E-state index in [9.17, 15) is 19.7 Å². The zero-order valence-corrected chi connectivity index (χ0v) is 15.0. The van der Waals surface area contributed by atoms with E-state index in [2.05, 4.69) is 5.32 Å². The van der Waals surface area contributed by atoms with Crippen molar-refractivity contribution in [2.75, 3.05) is 23.9 Å². The van der Waals surface area contributed by atoms with Crippen LogP contribution in [0.5, 0.6) is 5.75 Å². The van der Waals surface area contributed by atoms with Crippen LogP contribution in [0.3, 0.4) is 0 Å². The number of carbonyl (C=O) groups excluding carboxylic acids is 2. The van der Waals surface area contributed by atoms with Crippen molar-refractivity contribution in [1.82, 2.24) is 0 Å². The molecule has 8 nitrogen and oxygen atoms in total. The first-order valence-corrected chi connectivity index (χ1v) is 8.45. The number of methoxy groups -OCH3 is 1. The smallest absolute Gasteiger partial charge is 0.272 e. The fourth-order valence-electron chi connectivity index (χ4n) is 3.09. The normalized spacial score (nSPS) is 13.6. The first kappa shape index (κ1) is 18.4. The molecule has 0 saturated carbocycles. The van der Waals surface area contributed by atoms with Crippen LogP contribution in [0.15, 0.2) is 36.4 Å². The van der Waals surface area contributed by atoms with Crippen molar-refractivity contribution >= 4 is 28.9 Å². The number of hydrogen-bond donors (Lipinski definition) is 1. The molecule has 2 aromatic rings. The van der Waals surface area contributed by atoms with Crippen LogP contribution in [0.2, 0.25) is 0 Å². The molecule has 0 aromatic heterocycles. The van der Waals surface area contributed by atoms with Gasteiger partial charge in [0.15, 0.2) is 0 Å². The summed E-state index contributed by atoms with van der Waals surface area (Å²) in [5.74, 6) is 0.175. The molecule has 0 radical (unpaired) electrons. The Labute approximate surface area is 155 Å². The Bertz CT molecular complexity index is 926. The largest absolute Gasteiger partial charge is 0.495 e. The third-order valence-electron chi connectivity index (χ3n) is 4.46. The number of aryl methyl sites for hydroxylation is 1. The van der Waals surface area contributed by atoms with E-state index < -0.39 is 10.8 Å². The van der Waals surface area contributed by atoms with Gasteiger partial charge in [0.25, 0.3) is 11.6 Å². The summed E-state index contributed by atoms with van der Waals surface area (Å²) in [6.07, 6.45) is 1.27. The molecule has 2 amide bonds. The average Bonchev–Trinajstić information content (AvgIpc) is 3.07. The van der Waals surface area contributed by atoms with E-state index in [0.717, 1.165) is 6.42 Å². The summed E-state index contributed by atoms with van der Waals surface area (Å²) in [7, 11) is 1.53. The fourth-order valence-corrected chi connectivity index (χ4v) is 3.09. The lowest BCUT2D eigenvalue weighted by Crippen LogP contribution is -2.24. The number of anilines is 2. The first-order chi connectivity index (χ1) is 12.9. The van der Waals surface area contributed by atoms with E-state index >= 15 is 0 Å². The predicted octanol–water partition coefficient (Wildman–Crippen LogP) is 3.29. The maximum absolute atomic E-state index is 12.5. The summed E-state index contributed by atoms with van der Waals surface area (Å²) >= 11 is 0. The standard InChI is InChI=1S/C19H19N3O5/c1-12-10-13(5-7-15(12)22(25)26)19(24)20-14-6-8-17(27-2)16(11-14)21-9-3-4-18(21)23/h5-8,10-11H,3-4,9H2,1-2H3,(H,20,24). The molecule has 3 rings (SSSR count). The molecule has 1 aliphatic heterocycles. The van der Waals surface area contributed by atoms with E-state index in [0.29, 0.717) is 41.2 Å². The van der Waals surface area contributed by atoms with Gasteiger partial charge < -0.3 is 15.0 Å². The number of nitrogens with one attached hydrogen (secondary N) is 1. The molecular formula is C19H19N3O5. The van der Waals surface area contributed by atoms with Crippen molar-refractivity contribution < 1.29 is 19.2 Å². The van der Waals surface area contributed by atoms with E-state index in [1.807, 2.05) is 0 Å². The van der Waals surface area contributed by atoms with Crippen molar-refractivity contribution in [3.05, 3.63) is 57.6 Å². The van der Waals surface area contributed by atoms with Gasteiger partial charge in [-0.15, -0.1) is 0 Å². The lowest BCUT2D eigenvalue weighted by atomic mass is 10.1. The Hall–Kier alpha value is -3.42. The van der Waals surface area contributed by atoms with Crippen LogP contribution in [0, 0.1) is 17.0 Å². The van der Waals surface area contributed by atoms with Crippen LogP contribution < -0.4 is 15.0 Å². The maximum Gasteiger partial charge on any atom is 0.272 e. The third-order valence-corrected chi connectivity index (χ3v) is 4.46. The molecule has 0 aliphatic carbocycles. The highest BCUT2D eigenvalue weighted by atomic mass is 16.6.